The Kier molecular flexibility index (Phi) is 34.3. The van der Waals surface area contributed by atoms with Gasteiger partial charge in [0.25, 0.3) is 29.0 Å². The standard InChI is InChI=1S/C16H22N2O3.C10H7N3O3.C10H13N3O.C6H4FNO2.C4H4N2O.CH2O3.CH4.2Cs.H2.H/c1-12-5-7-13(8-6-12)18-10-9-17(11-14(18)19)15(20)21-16(2,3)4;14-10-7-11-5-6-12(10)8-1-3-9(4-2-8)13(15)16;11-8-1-3-9(4-2-8)13-6-5-12-7-10(13)14;7-5-1-3-6(4-2-5)8(9)10;7-4-3-5-1-2-6-4;2-1-4-3;;;;;/h5-8H,9-11H2,1-4H3;1-7H;1-4,12H,5-7,11H2;1-4H;1-3H,(H,6,7);1,3H;1H4;;;1H;/q;;;;;;;2*+1;;-1/p-1. The fourth-order valence-corrected chi connectivity index (χ4v) is 5.86. The summed E-state index contributed by atoms with van der Waals surface area (Å²) in [5.74, 6) is -0.442. The first kappa shape index (κ1) is 69.9. The predicted octanol–water partition coefficient (Wildman–Crippen LogP) is -1.13. The van der Waals surface area contributed by atoms with E-state index in [2.05, 4.69) is 25.2 Å². The van der Waals surface area contributed by atoms with Gasteiger partial charge in [-0.2, -0.15) is 0 Å². The number of piperazine rings is 2. The summed E-state index contributed by atoms with van der Waals surface area (Å²) in [6.07, 6.45) is 7.96. The van der Waals surface area contributed by atoms with Gasteiger partial charge in [-0.3, -0.25) is 63.6 Å². The number of anilines is 3. The topological polar surface area (TPSA) is 324 Å². The quantitative estimate of drug-likeness (QED) is 0.0584. The summed E-state index contributed by atoms with van der Waals surface area (Å²) in [7, 11) is 0. The molecule has 6 aromatic rings. The van der Waals surface area contributed by atoms with Crippen molar-refractivity contribution in [1.29, 1.82) is 0 Å². The molecule has 0 spiro atoms. The van der Waals surface area contributed by atoms with Crippen molar-refractivity contribution in [2.45, 2.75) is 40.7 Å². The molecule has 0 radical (unpaired) electrons. The number of aryl methyl sites for hydroxylation is 1. The van der Waals surface area contributed by atoms with Crippen LogP contribution in [0.4, 0.5) is 37.6 Å². The molecule has 4 aromatic carbocycles. The van der Waals surface area contributed by atoms with E-state index >= 15 is 0 Å². The molecule has 8 rings (SSSR count). The van der Waals surface area contributed by atoms with E-state index in [0.29, 0.717) is 25.3 Å². The number of nitrogens with one attached hydrogen (secondary N) is 2. The van der Waals surface area contributed by atoms with E-state index in [0.717, 1.165) is 60.0 Å². The maximum atomic E-state index is 12.2. The second-order valence-corrected chi connectivity index (χ2v) is 15.7. The van der Waals surface area contributed by atoms with E-state index < -0.39 is 27.4 Å². The van der Waals surface area contributed by atoms with Crippen molar-refractivity contribution in [3.63, 3.8) is 0 Å². The summed E-state index contributed by atoms with van der Waals surface area (Å²) in [5.41, 5.74) is 8.71. The van der Waals surface area contributed by atoms with Gasteiger partial charge in [0.15, 0.2) is 0 Å². The number of rotatable bonds is 6. The fourth-order valence-electron chi connectivity index (χ4n) is 5.86. The van der Waals surface area contributed by atoms with Crippen molar-refractivity contribution >= 4 is 52.8 Å². The molecule has 4 heterocycles. The van der Waals surface area contributed by atoms with Gasteiger partial charge in [0, 0.05) is 99.4 Å². The van der Waals surface area contributed by atoms with Crippen molar-refractivity contribution in [3.05, 3.63) is 187 Å². The van der Waals surface area contributed by atoms with Gasteiger partial charge in [-0.05, 0) is 88.4 Å². The minimum absolute atomic E-state index is 0. The molecular formula is C48H58Cs2FN11O13. The molecule has 0 bridgehead atoms. The number of non-ortho nitro benzene ring substituents is 2. The SMILES string of the molecule is C.Cc1ccc(N2CCN(C(=O)OC(C)(C)C)CC2=O)cc1.Nc1ccc(N2CCNCC2=O)cc1.O=CO[O-].O=[N+]([O-])c1ccc(F)cc1.O=c1cncc[nH]1.O=c1cnccn1-c1ccc([N+](=O)[O-])cc1.[Cs+].[Cs+].[H-].[HH]. The number of nitrogens with two attached hydrogens (primary N) is 1. The van der Waals surface area contributed by atoms with Gasteiger partial charge in [-0.25, -0.2) is 9.18 Å². The second kappa shape index (κ2) is 36.8. The van der Waals surface area contributed by atoms with Crippen LogP contribution in [-0.2, 0) is 24.0 Å². The number of nitro benzene ring substituents is 2. The van der Waals surface area contributed by atoms with Crippen molar-refractivity contribution in [2.75, 3.05) is 54.8 Å². The van der Waals surface area contributed by atoms with Crippen LogP contribution < -0.4 is 175 Å². The summed E-state index contributed by atoms with van der Waals surface area (Å²) in [4.78, 5) is 102. The molecule has 75 heavy (non-hydrogen) atoms. The van der Waals surface area contributed by atoms with Gasteiger partial charge in [0.2, 0.25) is 11.8 Å². The first-order chi connectivity index (χ1) is 34.2. The van der Waals surface area contributed by atoms with Gasteiger partial charge in [0.05, 0.1) is 28.8 Å². The largest absolute Gasteiger partial charge is 1.00 e. The maximum absolute atomic E-state index is 12.2. The third-order valence-corrected chi connectivity index (χ3v) is 9.23. The maximum Gasteiger partial charge on any atom is 1.00 e. The molecule has 2 saturated heterocycles. The van der Waals surface area contributed by atoms with E-state index in [4.69, 9.17) is 20.5 Å². The number of nitro groups is 2. The molecule has 2 aromatic heterocycles. The fraction of sp³-hybridized carbons (Fsp3) is 0.250. The first-order valence-electron chi connectivity index (χ1n) is 21.3. The molecule has 3 amide bonds. The van der Waals surface area contributed by atoms with Gasteiger partial charge in [-0.15, -0.1) is 0 Å². The zero-order valence-corrected chi connectivity index (χ0v) is 53.9. The number of aromatic nitrogens is 4. The summed E-state index contributed by atoms with van der Waals surface area (Å²) in [6, 6.07) is 25.2. The molecule has 2 fully saturated rings. The van der Waals surface area contributed by atoms with Crippen LogP contribution in [0, 0.1) is 33.0 Å². The Hall–Kier alpha value is -5.13. The molecule has 0 aliphatic carbocycles. The van der Waals surface area contributed by atoms with Crippen molar-refractivity contribution in [3.8, 4) is 5.69 Å². The zero-order valence-electron chi connectivity index (χ0n) is 42.4. The Labute approximate surface area is 551 Å². The van der Waals surface area contributed by atoms with Crippen LogP contribution in [0.3, 0.4) is 0 Å². The Morgan fingerprint density at radius 3 is 1.73 bits per heavy atom. The van der Waals surface area contributed by atoms with Crippen LogP contribution in [0.25, 0.3) is 5.69 Å². The number of halogens is 1. The van der Waals surface area contributed by atoms with Crippen molar-refractivity contribution in [2.24, 2.45) is 0 Å². The summed E-state index contributed by atoms with van der Waals surface area (Å²) >= 11 is 0. The molecular weight excluding hydrogens is 1220 g/mol. The summed E-state index contributed by atoms with van der Waals surface area (Å²) in [5, 5.41) is 31.9. The molecule has 24 nitrogen and oxygen atoms in total. The molecule has 2 aliphatic rings. The average Bonchev–Trinajstić information content (AvgIpc) is 3.36. The minimum Gasteiger partial charge on any atom is -1.00 e. The van der Waals surface area contributed by atoms with E-state index in [1.54, 1.807) is 9.80 Å². The summed E-state index contributed by atoms with van der Waals surface area (Å²) < 4.78 is 18.8. The van der Waals surface area contributed by atoms with Gasteiger partial charge < -0.3 is 42.1 Å². The van der Waals surface area contributed by atoms with Crippen molar-refractivity contribution < 1.29 is 189 Å². The van der Waals surface area contributed by atoms with E-state index in [-0.39, 0.29) is 195 Å². The summed E-state index contributed by atoms with van der Waals surface area (Å²) in [6.45, 7) is 10.3. The second-order valence-electron chi connectivity index (χ2n) is 15.7. The number of carbonyl (C=O) groups is 4. The van der Waals surface area contributed by atoms with Gasteiger partial charge in [-0.1, -0.05) is 25.1 Å². The monoisotopic (exact) mass is 1280 g/mol. The molecule has 27 heteroatoms. The number of H-pyrrole nitrogens is 1. The minimum atomic E-state index is -0.570. The molecule has 392 valence electrons. The molecule has 0 atom stereocenters. The Morgan fingerprint density at radius 1 is 0.787 bits per heavy atom. The Morgan fingerprint density at radius 2 is 1.29 bits per heavy atom. The number of hydrogen-bond donors (Lipinski definition) is 3. The number of benzene rings is 4. The van der Waals surface area contributed by atoms with E-state index in [1.165, 1.54) is 70.9 Å². The predicted molar refractivity (Wildman–Crippen MR) is 269 cm³/mol. The van der Waals surface area contributed by atoms with Crippen LogP contribution in [-0.4, -0.2) is 104 Å². The number of hydrogen-bond acceptors (Lipinski definition) is 17. The normalized spacial score (nSPS) is 12.2. The molecule has 0 unspecified atom stereocenters. The van der Waals surface area contributed by atoms with Crippen LogP contribution >= 0.6 is 0 Å². The van der Waals surface area contributed by atoms with Gasteiger partial charge >= 0.3 is 144 Å². The van der Waals surface area contributed by atoms with Crippen LogP contribution in [0.2, 0.25) is 0 Å². The number of nitrogens with zero attached hydrogens (tertiary/aromatic N) is 8. The average molecular weight is 1280 g/mol. The first-order valence-corrected chi connectivity index (χ1v) is 21.3. The van der Waals surface area contributed by atoms with Crippen LogP contribution in [0.15, 0.2) is 144 Å². The Balaban J connectivity index is -0.000000888. The molecule has 2 aliphatic heterocycles. The van der Waals surface area contributed by atoms with Crippen LogP contribution in [0.1, 0.15) is 36.6 Å². The molecule has 4 N–H and O–H groups in total. The third-order valence-electron chi connectivity index (χ3n) is 9.23. The van der Waals surface area contributed by atoms with E-state index in [1.807, 2.05) is 76.2 Å². The third kappa shape index (κ3) is 26.5. The van der Waals surface area contributed by atoms with E-state index in [9.17, 15) is 48.6 Å². The number of carbonyl (C=O) groups excluding carboxylic acids is 4. The number of aromatic amines is 1. The van der Waals surface area contributed by atoms with Crippen LogP contribution in [0.5, 0.6) is 0 Å². The van der Waals surface area contributed by atoms with Crippen molar-refractivity contribution in [1.82, 2.24) is 29.7 Å². The smallest absolute Gasteiger partial charge is 1.00 e. The number of nitrogen functional groups attached to an aromatic ring is 1. The Bertz CT molecular complexity index is 2820. The number of ether oxygens (including phenoxy) is 1. The number of amides is 3. The van der Waals surface area contributed by atoms with Gasteiger partial charge in [0.1, 0.15) is 18.0 Å². The molecule has 0 saturated carbocycles. The zero-order chi connectivity index (χ0) is 53.2.